The van der Waals surface area contributed by atoms with E-state index in [1.165, 1.54) is 69.9 Å². The lowest BCUT2D eigenvalue weighted by Gasteiger charge is -2.22. The number of fused-ring (bicyclic) bond motifs is 12. The Kier molecular flexibility index (Phi) is 4.85. The molecule has 0 N–H and O–H groups in total. The number of para-hydroxylation sites is 1. The summed E-state index contributed by atoms with van der Waals surface area (Å²) in [7, 11) is 0. The molecule has 3 heterocycles. The Hall–Kier alpha value is -5.45. The molecule has 1 aliphatic heterocycles. The van der Waals surface area contributed by atoms with Gasteiger partial charge >= 0.3 is 0 Å². The predicted molar refractivity (Wildman–Crippen MR) is 196 cm³/mol. The van der Waals surface area contributed by atoms with Gasteiger partial charge in [-0.1, -0.05) is 117 Å². The van der Waals surface area contributed by atoms with Crippen LogP contribution in [0.4, 0.5) is 0 Å². The summed E-state index contributed by atoms with van der Waals surface area (Å²) in [5.41, 5.74) is 10.7. The van der Waals surface area contributed by atoms with Crippen molar-refractivity contribution in [1.29, 1.82) is 0 Å². The zero-order valence-corrected chi connectivity index (χ0v) is 26.7. The van der Waals surface area contributed by atoms with Gasteiger partial charge < -0.3 is 0 Å². The average Bonchev–Trinajstić information content (AvgIpc) is 3.55. The number of hydrogen-bond donors (Lipinski definition) is 0. The van der Waals surface area contributed by atoms with Crippen molar-refractivity contribution in [1.82, 2.24) is 14.5 Å². The van der Waals surface area contributed by atoms with Gasteiger partial charge in [0, 0.05) is 36.9 Å². The number of nitrogens with zero attached hydrogens (tertiary/aromatic N) is 3. The van der Waals surface area contributed by atoms with Crippen molar-refractivity contribution in [3.8, 4) is 28.3 Å². The smallest absolute Gasteiger partial charge is 0.235 e. The van der Waals surface area contributed by atoms with E-state index in [0.717, 1.165) is 27.6 Å². The molecule has 220 valence electrons. The highest BCUT2D eigenvalue weighted by Gasteiger charge is 2.38. The maximum atomic E-state index is 5.39. The molecule has 0 atom stereocenters. The summed E-state index contributed by atoms with van der Waals surface area (Å²) < 4.78 is 2.29. The molecular weight excluding hydrogens is 591 g/mol. The van der Waals surface area contributed by atoms with Crippen LogP contribution in [0.5, 0.6) is 0 Å². The van der Waals surface area contributed by atoms with Gasteiger partial charge in [-0.3, -0.25) is 4.57 Å². The van der Waals surface area contributed by atoms with Crippen LogP contribution in [0, 0.1) is 0 Å². The summed E-state index contributed by atoms with van der Waals surface area (Å²) in [6.45, 7) is 4.74. The van der Waals surface area contributed by atoms with Crippen LogP contribution in [-0.2, 0) is 5.41 Å². The highest BCUT2D eigenvalue weighted by molar-refractivity contribution is 7.99. The van der Waals surface area contributed by atoms with E-state index in [9.17, 15) is 0 Å². The topological polar surface area (TPSA) is 30.7 Å². The first-order valence-corrected chi connectivity index (χ1v) is 17.0. The molecular formula is C43H27N3S. The van der Waals surface area contributed by atoms with Gasteiger partial charge in [0.25, 0.3) is 0 Å². The van der Waals surface area contributed by atoms with E-state index in [2.05, 4.69) is 146 Å². The second-order valence-electron chi connectivity index (χ2n) is 13.4. The Balaban J connectivity index is 1.24. The number of rotatable bonds is 1. The molecule has 11 rings (SSSR count). The Bertz CT molecular complexity index is 2860. The molecule has 7 aromatic carbocycles. The largest absolute Gasteiger partial charge is 0.278 e. The van der Waals surface area contributed by atoms with Gasteiger partial charge in [0.05, 0.1) is 22.2 Å². The summed E-state index contributed by atoms with van der Waals surface area (Å²) in [5, 5.41) is 8.78. The fraction of sp³-hybridized carbons (Fsp3) is 0.0698. The van der Waals surface area contributed by atoms with E-state index in [4.69, 9.17) is 9.97 Å². The lowest BCUT2D eigenvalue weighted by molar-refractivity contribution is 0.661. The van der Waals surface area contributed by atoms with Gasteiger partial charge in [-0.15, -0.1) is 0 Å². The quantitative estimate of drug-likeness (QED) is 0.172. The fourth-order valence-electron chi connectivity index (χ4n) is 8.39. The normalized spacial score (nSPS) is 14.3. The van der Waals surface area contributed by atoms with Crippen LogP contribution in [0.1, 0.15) is 25.0 Å². The third-order valence-corrected chi connectivity index (χ3v) is 11.7. The van der Waals surface area contributed by atoms with E-state index in [1.807, 2.05) is 0 Å². The van der Waals surface area contributed by atoms with Gasteiger partial charge in [-0.05, 0) is 80.2 Å². The van der Waals surface area contributed by atoms with Crippen LogP contribution >= 0.6 is 11.8 Å². The second-order valence-corrected chi connectivity index (χ2v) is 14.5. The number of hydrogen-bond acceptors (Lipinski definition) is 3. The van der Waals surface area contributed by atoms with Crippen molar-refractivity contribution in [2.45, 2.75) is 29.1 Å². The molecule has 0 bridgehead atoms. The SMILES string of the molecule is CC1(C)c2cc3c(cc2-c2c1ccc1c2ccc2ccccc21)c1ccccc1n3-c1nc2c3c(cccc3n1)Sc1ccccc1-2. The van der Waals surface area contributed by atoms with Crippen molar-refractivity contribution in [3.05, 3.63) is 139 Å². The third-order valence-electron chi connectivity index (χ3n) is 10.6. The zero-order valence-electron chi connectivity index (χ0n) is 25.9. The van der Waals surface area contributed by atoms with Crippen LogP contribution in [-0.4, -0.2) is 14.5 Å². The van der Waals surface area contributed by atoms with Crippen LogP contribution in [0.2, 0.25) is 0 Å². The zero-order chi connectivity index (χ0) is 31.0. The van der Waals surface area contributed by atoms with Crippen molar-refractivity contribution >= 4 is 66.0 Å². The van der Waals surface area contributed by atoms with Crippen molar-refractivity contribution in [2.75, 3.05) is 0 Å². The standard InChI is InChI=1S/C43H27N3S/c1-43(2)32-21-20-26-25-11-4-3-10-24(25)18-19-28(26)39(32)31-22-30-27-12-5-7-15-35(27)46(36(30)23-33(31)43)42-44-34-14-9-17-38-40(34)41(45-42)29-13-6-8-16-37(29)47-38/h3-23H,1-2H3. The lowest BCUT2D eigenvalue weighted by atomic mass is 9.81. The lowest BCUT2D eigenvalue weighted by Crippen LogP contribution is -2.15. The molecule has 4 heteroatoms. The molecule has 0 saturated carbocycles. The summed E-state index contributed by atoms with van der Waals surface area (Å²) in [6, 6.07) is 46.6. The molecule has 47 heavy (non-hydrogen) atoms. The second kappa shape index (κ2) is 8.87. The van der Waals surface area contributed by atoms with Crippen LogP contribution < -0.4 is 0 Å². The third kappa shape index (κ3) is 3.28. The summed E-state index contributed by atoms with van der Waals surface area (Å²) >= 11 is 1.80. The Morgan fingerprint density at radius 1 is 0.553 bits per heavy atom. The molecule has 3 nitrogen and oxygen atoms in total. The van der Waals surface area contributed by atoms with Gasteiger partial charge in [0.1, 0.15) is 0 Å². The Morgan fingerprint density at radius 2 is 1.34 bits per heavy atom. The van der Waals surface area contributed by atoms with E-state index >= 15 is 0 Å². The summed E-state index contributed by atoms with van der Waals surface area (Å²) in [5.74, 6) is 0.711. The number of benzene rings is 7. The first kappa shape index (κ1) is 25.7. The first-order chi connectivity index (χ1) is 23.1. The maximum Gasteiger partial charge on any atom is 0.235 e. The van der Waals surface area contributed by atoms with Gasteiger partial charge in [-0.25, -0.2) is 9.97 Å². The summed E-state index contributed by atoms with van der Waals surface area (Å²) in [4.78, 5) is 13.1. The molecule has 0 saturated heterocycles. The van der Waals surface area contributed by atoms with Crippen LogP contribution in [0.25, 0.3) is 82.6 Å². The molecule has 0 fully saturated rings. The van der Waals surface area contributed by atoms with Gasteiger partial charge in [0.2, 0.25) is 5.95 Å². The molecule has 9 aromatic rings. The predicted octanol–water partition coefficient (Wildman–Crippen LogP) is 11.5. The van der Waals surface area contributed by atoms with Crippen molar-refractivity contribution < 1.29 is 0 Å². The van der Waals surface area contributed by atoms with E-state index in [0.29, 0.717) is 5.95 Å². The average molecular weight is 618 g/mol. The van der Waals surface area contributed by atoms with E-state index in [1.54, 1.807) is 11.8 Å². The minimum absolute atomic E-state index is 0.165. The Morgan fingerprint density at radius 3 is 2.28 bits per heavy atom. The van der Waals surface area contributed by atoms with E-state index < -0.39 is 0 Å². The van der Waals surface area contributed by atoms with Crippen LogP contribution in [0.3, 0.4) is 0 Å². The highest BCUT2D eigenvalue weighted by Crippen LogP contribution is 2.54. The van der Waals surface area contributed by atoms with Crippen molar-refractivity contribution in [2.24, 2.45) is 0 Å². The maximum absolute atomic E-state index is 5.39. The molecule has 0 spiro atoms. The minimum Gasteiger partial charge on any atom is -0.278 e. The Labute approximate surface area is 275 Å². The van der Waals surface area contributed by atoms with Gasteiger partial charge in [0.15, 0.2) is 0 Å². The highest BCUT2D eigenvalue weighted by atomic mass is 32.2. The molecule has 1 aliphatic carbocycles. The molecule has 0 unspecified atom stereocenters. The monoisotopic (exact) mass is 617 g/mol. The molecule has 2 aromatic heterocycles. The van der Waals surface area contributed by atoms with Crippen molar-refractivity contribution in [3.63, 3.8) is 0 Å². The summed E-state index contributed by atoms with van der Waals surface area (Å²) in [6.07, 6.45) is 0. The fourth-order valence-corrected chi connectivity index (χ4v) is 9.50. The number of aromatic nitrogens is 3. The first-order valence-electron chi connectivity index (χ1n) is 16.2. The molecule has 0 radical (unpaired) electrons. The minimum atomic E-state index is -0.165. The molecule has 2 aliphatic rings. The molecule has 0 amide bonds. The van der Waals surface area contributed by atoms with Gasteiger partial charge in [-0.2, -0.15) is 0 Å². The van der Waals surface area contributed by atoms with E-state index in [-0.39, 0.29) is 5.41 Å². The van der Waals surface area contributed by atoms with Crippen LogP contribution in [0.15, 0.2) is 137 Å².